The number of hydrogen-bond donors (Lipinski definition) is 1. The van der Waals surface area contributed by atoms with Crippen LogP contribution in [0, 0.1) is 0 Å². The van der Waals surface area contributed by atoms with Crippen LogP contribution in [-0.2, 0) is 11.2 Å². The van der Waals surface area contributed by atoms with Crippen LogP contribution in [0.3, 0.4) is 0 Å². The van der Waals surface area contributed by atoms with Gasteiger partial charge in [-0.1, -0.05) is 25.1 Å². The summed E-state index contributed by atoms with van der Waals surface area (Å²) in [4.78, 5) is 14.7. The van der Waals surface area contributed by atoms with Gasteiger partial charge in [-0.3, -0.25) is 4.79 Å². The molecular formula is C17H22N2OS. The van der Waals surface area contributed by atoms with E-state index in [2.05, 4.69) is 41.9 Å². The highest BCUT2D eigenvalue weighted by molar-refractivity contribution is 7.10. The van der Waals surface area contributed by atoms with Gasteiger partial charge in [0.25, 0.3) is 0 Å². The van der Waals surface area contributed by atoms with Crippen LogP contribution in [0.5, 0.6) is 0 Å². The Morgan fingerprint density at radius 3 is 2.48 bits per heavy atom. The number of hydrogen-bond acceptors (Lipinski definition) is 3. The molecule has 0 bridgehead atoms. The van der Waals surface area contributed by atoms with Gasteiger partial charge < -0.3 is 10.2 Å². The van der Waals surface area contributed by atoms with Crippen molar-refractivity contribution in [2.24, 2.45) is 0 Å². The summed E-state index contributed by atoms with van der Waals surface area (Å²) in [5, 5.41) is 5.66. The smallest absolute Gasteiger partial charge is 0.226 e. The molecule has 1 amide bonds. The van der Waals surface area contributed by atoms with Crippen LogP contribution in [0.2, 0.25) is 0 Å². The maximum Gasteiger partial charge on any atom is 0.226 e. The second-order valence-electron chi connectivity index (χ2n) is 5.28. The molecule has 0 fully saturated rings. The van der Waals surface area contributed by atoms with Gasteiger partial charge in [0.05, 0.1) is 12.5 Å². The predicted molar refractivity (Wildman–Crippen MR) is 89.8 cm³/mol. The van der Waals surface area contributed by atoms with E-state index in [0.717, 1.165) is 17.7 Å². The van der Waals surface area contributed by atoms with Gasteiger partial charge in [-0.15, -0.1) is 11.3 Å². The third-order valence-electron chi connectivity index (χ3n) is 3.44. The maximum absolute atomic E-state index is 11.7. The molecule has 0 aliphatic rings. The third kappa shape index (κ3) is 4.33. The Bertz CT molecular complexity index is 561. The van der Waals surface area contributed by atoms with Crippen molar-refractivity contribution in [1.29, 1.82) is 0 Å². The third-order valence-corrected chi connectivity index (χ3v) is 4.43. The van der Waals surface area contributed by atoms with E-state index in [4.69, 9.17) is 0 Å². The van der Waals surface area contributed by atoms with E-state index in [-0.39, 0.29) is 5.91 Å². The zero-order chi connectivity index (χ0) is 15.2. The fraction of sp³-hybridized carbons (Fsp3) is 0.353. The summed E-state index contributed by atoms with van der Waals surface area (Å²) in [5.74, 6) is 0.126. The van der Waals surface area contributed by atoms with Crippen molar-refractivity contribution in [2.75, 3.05) is 19.4 Å². The minimum Gasteiger partial charge on any atom is -0.377 e. The first-order valence-corrected chi connectivity index (χ1v) is 8.07. The topological polar surface area (TPSA) is 32.3 Å². The van der Waals surface area contributed by atoms with Crippen molar-refractivity contribution in [3.05, 3.63) is 52.2 Å². The highest BCUT2D eigenvalue weighted by atomic mass is 32.1. The number of amides is 1. The molecule has 0 aliphatic heterocycles. The van der Waals surface area contributed by atoms with Crippen molar-refractivity contribution < 1.29 is 4.79 Å². The van der Waals surface area contributed by atoms with Gasteiger partial charge in [-0.25, -0.2) is 0 Å². The summed E-state index contributed by atoms with van der Waals surface area (Å²) in [7, 11) is 3.57. The standard InChI is InChI=1S/C17H22N2OS/c1-4-15(16-6-5-11-21-16)18-14-9-7-13(8-10-14)12-17(20)19(2)3/h5-11,15,18H,4,12H2,1-3H3. The summed E-state index contributed by atoms with van der Waals surface area (Å²) < 4.78 is 0. The lowest BCUT2D eigenvalue weighted by Gasteiger charge is -2.17. The molecule has 0 spiro atoms. The molecular weight excluding hydrogens is 280 g/mol. The fourth-order valence-corrected chi connectivity index (χ4v) is 2.98. The molecule has 1 heterocycles. The zero-order valence-corrected chi connectivity index (χ0v) is 13.6. The molecule has 1 aromatic carbocycles. The minimum atomic E-state index is 0.126. The van der Waals surface area contributed by atoms with Crippen molar-refractivity contribution in [1.82, 2.24) is 4.90 Å². The van der Waals surface area contributed by atoms with E-state index in [1.54, 1.807) is 30.3 Å². The van der Waals surface area contributed by atoms with Crippen LogP contribution in [0.25, 0.3) is 0 Å². The monoisotopic (exact) mass is 302 g/mol. The number of rotatable bonds is 6. The van der Waals surface area contributed by atoms with Crippen LogP contribution < -0.4 is 5.32 Å². The first-order chi connectivity index (χ1) is 10.1. The van der Waals surface area contributed by atoms with Crippen LogP contribution in [0.1, 0.15) is 29.8 Å². The van der Waals surface area contributed by atoms with Crippen molar-refractivity contribution >= 4 is 22.9 Å². The second-order valence-corrected chi connectivity index (χ2v) is 6.26. The SMILES string of the molecule is CCC(Nc1ccc(CC(=O)N(C)C)cc1)c1cccs1. The summed E-state index contributed by atoms with van der Waals surface area (Å²) in [5.41, 5.74) is 2.14. The van der Waals surface area contributed by atoms with E-state index in [1.165, 1.54) is 4.88 Å². The molecule has 21 heavy (non-hydrogen) atoms. The summed E-state index contributed by atoms with van der Waals surface area (Å²) in [6, 6.07) is 12.7. The van der Waals surface area contributed by atoms with Crippen molar-refractivity contribution in [3.63, 3.8) is 0 Å². The van der Waals surface area contributed by atoms with E-state index < -0.39 is 0 Å². The minimum absolute atomic E-state index is 0.126. The largest absolute Gasteiger partial charge is 0.377 e. The number of anilines is 1. The highest BCUT2D eigenvalue weighted by Gasteiger charge is 2.10. The van der Waals surface area contributed by atoms with Gasteiger partial charge in [0.15, 0.2) is 0 Å². The number of nitrogens with zero attached hydrogens (tertiary/aromatic N) is 1. The van der Waals surface area contributed by atoms with Gasteiger partial charge >= 0.3 is 0 Å². The Balaban J connectivity index is 2.00. The van der Waals surface area contributed by atoms with E-state index in [9.17, 15) is 4.79 Å². The second kappa shape index (κ2) is 7.27. The molecule has 0 saturated carbocycles. The lowest BCUT2D eigenvalue weighted by atomic mass is 10.1. The summed E-state index contributed by atoms with van der Waals surface area (Å²) >= 11 is 1.78. The average Bonchev–Trinajstić information content (AvgIpc) is 3.00. The fourth-order valence-electron chi connectivity index (χ4n) is 2.12. The van der Waals surface area contributed by atoms with Gasteiger partial charge in [0.1, 0.15) is 0 Å². The number of nitrogens with one attached hydrogen (secondary N) is 1. The predicted octanol–water partition coefficient (Wildman–Crippen LogP) is 3.94. The molecule has 4 heteroatoms. The molecule has 0 aliphatic carbocycles. The van der Waals surface area contributed by atoms with Gasteiger partial charge in [0.2, 0.25) is 5.91 Å². The number of carbonyl (C=O) groups is 1. The average molecular weight is 302 g/mol. The van der Waals surface area contributed by atoms with E-state index in [1.807, 2.05) is 12.1 Å². The quantitative estimate of drug-likeness (QED) is 0.876. The molecule has 3 nitrogen and oxygen atoms in total. The first-order valence-electron chi connectivity index (χ1n) is 7.19. The summed E-state index contributed by atoms with van der Waals surface area (Å²) in [6.07, 6.45) is 1.50. The van der Waals surface area contributed by atoms with Crippen LogP contribution >= 0.6 is 11.3 Å². The lowest BCUT2D eigenvalue weighted by molar-refractivity contribution is -0.127. The first kappa shape index (κ1) is 15.6. The van der Waals surface area contributed by atoms with Gasteiger partial charge in [-0.05, 0) is 35.6 Å². The van der Waals surface area contributed by atoms with E-state index >= 15 is 0 Å². The highest BCUT2D eigenvalue weighted by Crippen LogP contribution is 2.26. The molecule has 2 aromatic rings. The molecule has 1 unspecified atom stereocenters. The molecule has 2 rings (SSSR count). The Morgan fingerprint density at radius 2 is 1.95 bits per heavy atom. The Hall–Kier alpha value is -1.81. The Morgan fingerprint density at radius 1 is 1.24 bits per heavy atom. The number of benzene rings is 1. The van der Waals surface area contributed by atoms with Crippen LogP contribution in [-0.4, -0.2) is 24.9 Å². The van der Waals surface area contributed by atoms with Gasteiger partial charge in [-0.2, -0.15) is 0 Å². The zero-order valence-electron chi connectivity index (χ0n) is 12.8. The molecule has 0 saturated heterocycles. The van der Waals surface area contributed by atoms with Crippen molar-refractivity contribution in [3.8, 4) is 0 Å². The Kier molecular flexibility index (Phi) is 5.39. The molecule has 0 radical (unpaired) electrons. The van der Waals surface area contributed by atoms with Gasteiger partial charge in [0, 0.05) is 24.7 Å². The number of likely N-dealkylation sites (N-methyl/N-ethyl adjacent to an activating group) is 1. The van der Waals surface area contributed by atoms with Crippen LogP contribution in [0.15, 0.2) is 41.8 Å². The number of thiophene rings is 1. The Labute approximate surface area is 130 Å². The number of carbonyl (C=O) groups excluding carboxylic acids is 1. The van der Waals surface area contributed by atoms with Crippen molar-refractivity contribution in [2.45, 2.75) is 25.8 Å². The molecule has 112 valence electrons. The maximum atomic E-state index is 11.7. The molecule has 1 aromatic heterocycles. The van der Waals surface area contributed by atoms with Crippen LogP contribution in [0.4, 0.5) is 5.69 Å². The molecule has 1 atom stereocenters. The molecule has 1 N–H and O–H groups in total. The summed E-state index contributed by atoms with van der Waals surface area (Å²) in [6.45, 7) is 2.18. The van der Waals surface area contributed by atoms with E-state index in [0.29, 0.717) is 12.5 Å². The normalized spacial score (nSPS) is 12.0. The lowest BCUT2D eigenvalue weighted by Crippen LogP contribution is -2.23.